The Balaban J connectivity index is 1.54. The molecule has 164 valence electrons. The molecular formula is C25H29N7. The standard InChI is InChI=1S/C25H29N7/c1-14-11-26-8-7-20(14)30-25-22-19(16-4-3-5-16)12-27-13-21(22)31-24(32-25)17-6-9-28-23-18(17)10-15(2)29-23/h6,9-10,12-14,16,20,26H,3-5,7-8,11H2,1-2H3,(H,28,29)(H,30,31,32)/t14-,20?/m0/s1. The van der Waals surface area contributed by atoms with Crippen molar-refractivity contribution in [3.8, 4) is 11.4 Å². The third-order valence-corrected chi connectivity index (χ3v) is 7.20. The Hall–Kier alpha value is -3.06. The fourth-order valence-corrected chi connectivity index (χ4v) is 5.12. The van der Waals surface area contributed by atoms with Crippen molar-refractivity contribution < 1.29 is 0 Å². The van der Waals surface area contributed by atoms with Gasteiger partial charge in [0.15, 0.2) is 5.82 Å². The van der Waals surface area contributed by atoms with Crippen LogP contribution in [-0.4, -0.2) is 44.1 Å². The average Bonchev–Trinajstić information content (AvgIpc) is 3.14. The Kier molecular flexibility index (Phi) is 4.79. The van der Waals surface area contributed by atoms with Gasteiger partial charge in [0, 0.05) is 40.5 Å². The number of nitrogens with zero attached hydrogens (tertiary/aromatic N) is 4. The van der Waals surface area contributed by atoms with Crippen LogP contribution in [0.2, 0.25) is 0 Å². The second-order valence-electron chi connectivity index (χ2n) is 9.44. The SMILES string of the molecule is Cc1cc2c(-c3nc(NC4CCNC[C@@H]4C)c4c(C5CCC5)cncc4n3)ccnc2[nH]1. The van der Waals surface area contributed by atoms with E-state index in [1.807, 2.05) is 31.6 Å². The highest BCUT2D eigenvalue weighted by molar-refractivity contribution is 5.97. The van der Waals surface area contributed by atoms with Crippen molar-refractivity contribution in [2.24, 2.45) is 5.92 Å². The van der Waals surface area contributed by atoms with E-state index in [1.54, 1.807) is 0 Å². The summed E-state index contributed by atoms with van der Waals surface area (Å²) in [5.74, 6) is 2.77. The van der Waals surface area contributed by atoms with Crippen LogP contribution in [0.3, 0.4) is 0 Å². The number of rotatable bonds is 4. The maximum Gasteiger partial charge on any atom is 0.163 e. The summed E-state index contributed by atoms with van der Waals surface area (Å²) in [5.41, 5.74) is 5.15. The van der Waals surface area contributed by atoms with Gasteiger partial charge in [-0.3, -0.25) is 4.98 Å². The number of anilines is 1. The molecule has 0 bridgehead atoms. The maximum absolute atomic E-state index is 5.15. The van der Waals surface area contributed by atoms with Crippen LogP contribution in [0.5, 0.6) is 0 Å². The molecule has 32 heavy (non-hydrogen) atoms. The minimum absolute atomic E-state index is 0.386. The zero-order chi connectivity index (χ0) is 21.7. The lowest BCUT2D eigenvalue weighted by Gasteiger charge is -2.32. The van der Waals surface area contributed by atoms with Gasteiger partial charge in [0.25, 0.3) is 0 Å². The molecule has 1 aliphatic carbocycles. The summed E-state index contributed by atoms with van der Waals surface area (Å²) in [7, 11) is 0. The largest absolute Gasteiger partial charge is 0.366 e. The van der Waals surface area contributed by atoms with E-state index in [1.165, 1.54) is 24.8 Å². The van der Waals surface area contributed by atoms with Gasteiger partial charge in [-0.25, -0.2) is 15.0 Å². The molecule has 1 saturated carbocycles. The van der Waals surface area contributed by atoms with E-state index in [0.29, 0.717) is 17.9 Å². The second kappa shape index (κ2) is 7.81. The number of aromatic amines is 1. The van der Waals surface area contributed by atoms with Gasteiger partial charge in [-0.05, 0) is 68.8 Å². The van der Waals surface area contributed by atoms with E-state index in [4.69, 9.17) is 9.97 Å². The molecule has 1 aliphatic heterocycles. The lowest BCUT2D eigenvalue weighted by atomic mass is 9.79. The molecule has 6 rings (SSSR count). The fraction of sp³-hybridized carbons (Fsp3) is 0.440. The summed E-state index contributed by atoms with van der Waals surface area (Å²) >= 11 is 0. The molecule has 0 radical (unpaired) electrons. The zero-order valence-electron chi connectivity index (χ0n) is 18.7. The van der Waals surface area contributed by atoms with Gasteiger partial charge in [0.1, 0.15) is 11.5 Å². The summed E-state index contributed by atoms with van der Waals surface area (Å²) in [5, 5.41) is 9.54. The van der Waals surface area contributed by atoms with Crippen molar-refractivity contribution >= 4 is 27.8 Å². The van der Waals surface area contributed by atoms with Gasteiger partial charge in [-0.2, -0.15) is 0 Å². The van der Waals surface area contributed by atoms with Crippen LogP contribution in [0.15, 0.2) is 30.7 Å². The minimum Gasteiger partial charge on any atom is -0.366 e. The van der Waals surface area contributed by atoms with Crippen LogP contribution >= 0.6 is 0 Å². The highest BCUT2D eigenvalue weighted by atomic mass is 15.1. The van der Waals surface area contributed by atoms with Crippen molar-refractivity contribution in [3.63, 3.8) is 0 Å². The Morgan fingerprint density at radius 3 is 2.84 bits per heavy atom. The summed E-state index contributed by atoms with van der Waals surface area (Å²) in [4.78, 5) is 22.5. The van der Waals surface area contributed by atoms with Crippen molar-refractivity contribution in [2.45, 2.75) is 51.5 Å². The van der Waals surface area contributed by atoms with Crippen LogP contribution < -0.4 is 10.6 Å². The maximum atomic E-state index is 5.15. The summed E-state index contributed by atoms with van der Waals surface area (Å²) < 4.78 is 0. The lowest BCUT2D eigenvalue weighted by molar-refractivity contribution is 0.368. The van der Waals surface area contributed by atoms with E-state index in [9.17, 15) is 0 Å². The van der Waals surface area contributed by atoms with Crippen molar-refractivity contribution in [1.82, 2.24) is 30.2 Å². The molecule has 7 nitrogen and oxygen atoms in total. The normalized spacial score (nSPS) is 21.7. The average molecular weight is 428 g/mol. The molecule has 0 aromatic carbocycles. The molecular weight excluding hydrogens is 398 g/mol. The van der Waals surface area contributed by atoms with Crippen LogP contribution in [0.1, 0.15) is 49.8 Å². The van der Waals surface area contributed by atoms with Crippen molar-refractivity contribution in [1.29, 1.82) is 0 Å². The highest BCUT2D eigenvalue weighted by Crippen LogP contribution is 2.41. The summed E-state index contributed by atoms with van der Waals surface area (Å²) in [6.07, 6.45) is 10.6. The van der Waals surface area contributed by atoms with E-state index >= 15 is 0 Å². The first-order valence-corrected chi connectivity index (χ1v) is 11.7. The zero-order valence-corrected chi connectivity index (χ0v) is 18.7. The number of hydrogen-bond donors (Lipinski definition) is 3. The molecule has 2 aliphatic rings. The van der Waals surface area contributed by atoms with Crippen LogP contribution in [0, 0.1) is 12.8 Å². The van der Waals surface area contributed by atoms with E-state index in [0.717, 1.165) is 64.3 Å². The first kappa shape index (κ1) is 19.6. The first-order chi connectivity index (χ1) is 15.7. The molecule has 0 amide bonds. The second-order valence-corrected chi connectivity index (χ2v) is 9.44. The summed E-state index contributed by atoms with van der Waals surface area (Å²) in [6, 6.07) is 4.52. The molecule has 0 spiro atoms. The smallest absolute Gasteiger partial charge is 0.163 e. The van der Waals surface area contributed by atoms with Gasteiger partial charge < -0.3 is 15.6 Å². The van der Waals surface area contributed by atoms with E-state index < -0.39 is 0 Å². The predicted molar refractivity (Wildman–Crippen MR) is 128 cm³/mol. The lowest BCUT2D eigenvalue weighted by Crippen LogP contribution is -2.42. The highest BCUT2D eigenvalue weighted by Gasteiger charge is 2.27. The first-order valence-electron chi connectivity index (χ1n) is 11.7. The third kappa shape index (κ3) is 3.32. The molecule has 4 aromatic heterocycles. The number of H-pyrrole nitrogens is 1. The Morgan fingerprint density at radius 1 is 1.12 bits per heavy atom. The predicted octanol–water partition coefficient (Wildman–Crippen LogP) is 4.55. The number of fused-ring (bicyclic) bond motifs is 2. The van der Waals surface area contributed by atoms with Gasteiger partial charge in [-0.1, -0.05) is 13.3 Å². The number of aromatic nitrogens is 5. The molecule has 1 saturated heterocycles. The topological polar surface area (TPSA) is 91.4 Å². The molecule has 7 heteroatoms. The molecule has 4 aromatic rings. The number of pyridine rings is 2. The molecule has 5 heterocycles. The fourth-order valence-electron chi connectivity index (χ4n) is 5.12. The molecule has 2 fully saturated rings. The van der Waals surface area contributed by atoms with Gasteiger partial charge in [0.2, 0.25) is 0 Å². The van der Waals surface area contributed by atoms with Crippen LogP contribution in [-0.2, 0) is 0 Å². The summed E-state index contributed by atoms with van der Waals surface area (Å²) in [6.45, 7) is 6.41. The number of hydrogen-bond acceptors (Lipinski definition) is 6. The van der Waals surface area contributed by atoms with Gasteiger partial charge in [-0.15, -0.1) is 0 Å². The number of piperidine rings is 1. The quantitative estimate of drug-likeness (QED) is 0.442. The van der Waals surface area contributed by atoms with E-state index in [-0.39, 0.29) is 0 Å². The Morgan fingerprint density at radius 2 is 2.03 bits per heavy atom. The molecule has 1 unspecified atom stereocenters. The Bertz CT molecular complexity index is 1290. The van der Waals surface area contributed by atoms with Crippen molar-refractivity contribution in [3.05, 3.63) is 42.0 Å². The van der Waals surface area contributed by atoms with Crippen LogP contribution in [0.25, 0.3) is 33.3 Å². The van der Waals surface area contributed by atoms with Gasteiger partial charge in [0.05, 0.1) is 11.7 Å². The minimum atomic E-state index is 0.386. The number of aryl methyl sites for hydroxylation is 1. The van der Waals surface area contributed by atoms with E-state index in [2.05, 4.69) is 38.6 Å². The third-order valence-electron chi connectivity index (χ3n) is 7.20. The van der Waals surface area contributed by atoms with Gasteiger partial charge >= 0.3 is 0 Å². The molecule has 3 N–H and O–H groups in total. The van der Waals surface area contributed by atoms with Crippen molar-refractivity contribution in [2.75, 3.05) is 18.4 Å². The Labute approximate surface area is 187 Å². The van der Waals surface area contributed by atoms with Crippen LogP contribution in [0.4, 0.5) is 5.82 Å². The number of nitrogens with one attached hydrogen (secondary N) is 3. The molecule has 2 atom stereocenters. The monoisotopic (exact) mass is 427 g/mol.